The lowest BCUT2D eigenvalue weighted by atomic mass is 10.00. The van der Waals surface area contributed by atoms with Gasteiger partial charge < -0.3 is 10.2 Å². The fourth-order valence-electron chi connectivity index (χ4n) is 6.45. The molecule has 1 aromatic heterocycles. The zero-order valence-electron chi connectivity index (χ0n) is 33.7. The monoisotopic (exact) mass is 922 g/mol. The summed E-state index contributed by atoms with van der Waals surface area (Å²) < 4.78 is 81.1. The smallest absolute Gasteiger partial charge is 0.335 e. The molecule has 0 unspecified atom stereocenters. The van der Waals surface area contributed by atoms with Crippen LogP contribution in [0.25, 0.3) is 0 Å². The minimum Gasteiger partial charge on any atom is -0.478 e. The minimum atomic E-state index is -3.98. The van der Waals surface area contributed by atoms with Gasteiger partial charge in [0.2, 0.25) is 9.84 Å². The Bertz CT molecular complexity index is 3060. The molecular formula is C47H42N2O10S4. The number of aromatic carboxylic acids is 2. The molecule has 0 fully saturated rings. The van der Waals surface area contributed by atoms with Gasteiger partial charge in [-0.3, -0.25) is 9.44 Å². The quantitative estimate of drug-likeness (QED) is 0.0724. The molecule has 0 aliphatic carbocycles. The molecule has 0 aliphatic heterocycles. The number of anilines is 2. The molecule has 324 valence electrons. The van der Waals surface area contributed by atoms with E-state index in [0.717, 1.165) is 45.2 Å². The Kier molecular flexibility index (Phi) is 14.6. The van der Waals surface area contributed by atoms with E-state index < -0.39 is 41.8 Å². The van der Waals surface area contributed by atoms with E-state index in [-0.39, 0.29) is 24.5 Å². The van der Waals surface area contributed by atoms with Gasteiger partial charge in [-0.2, -0.15) is 0 Å². The highest BCUT2D eigenvalue weighted by Crippen LogP contribution is 2.30. The molecule has 0 bridgehead atoms. The van der Waals surface area contributed by atoms with Crippen molar-refractivity contribution in [2.24, 2.45) is 0 Å². The zero-order chi connectivity index (χ0) is 45.2. The van der Waals surface area contributed by atoms with E-state index >= 15 is 0 Å². The van der Waals surface area contributed by atoms with E-state index in [2.05, 4.69) is 9.44 Å². The zero-order valence-corrected chi connectivity index (χ0v) is 37.0. The summed E-state index contributed by atoms with van der Waals surface area (Å²) in [6, 6.07) is 43.4. The predicted octanol–water partition coefficient (Wildman–Crippen LogP) is 9.14. The van der Waals surface area contributed by atoms with E-state index in [9.17, 15) is 45.1 Å². The van der Waals surface area contributed by atoms with Crippen LogP contribution in [0.2, 0.25) is 0 Å². The fourth-order valence-corrected chi connectivity index (χ4v) is 11.6. The maximum absolute atomic E-state index is 12.8. The van der Waals surface area contributed by atoms with Gasteiger partial charge in [0.05, 0.1) is 25.8 Å². The molecule has 7 rings (SSSR count). The van der Waals surface area contributed by atoms with Gasteiger partial charge in [0.15, 0.2) is 0 Å². The number of thiophene rings is 1. The Morgan fingerprint density at radius 1 is 0.492 bits per heavy atom. The predicted molar refractivity (Wildman–Crippen MR) is 244 cm³/mol. The van der Waals surface area contributed by atoms with E-state index in [4.69, 9.17) is 0 Å². The third-order valence-electron chi connectivity index (χ3n) is 9.75. The first-order valence-corrected chi connectivity index (χ1v) is 24.7. The second-order valence-corrected chi connectivity index (χ2v) is 20.7. The first-order valence-electron chi connectivity index (χ1n) is 19.3. The fraction of sp³-hybridized carbons (Fsp3) is 0.106. The van der Waals surface area contributed by atoms with Crippen LogP contribution >= 0.6 is 11.3 Å². The van der Waals surface area contributed by atoms with Gasteiger partial charge in [0.1, 0.15) is 4.21 Å². The molecule has 6 aromatic carbocycles. The molecule has 0 saturated heterocycles. The van der Waals surface area contributed by atoms with E-state index in [1.54, 1.807) is 109 Å². The van der Waals surface area contributed by atoms with Crippen LogP contribution in [-0.2, 0) is 55.6 Å². The van der Waals surface area contributed by atoms with Crippen molar-refractivity contribution < 1.29 is 45.1 Å². The van der Waals surface area contributed by atoms with Crippen LogP contribution in [0.5, 0.6) is 0 Å². The third kappa shape index (κ3) is 12.1. The average molecular weight is 923 g/mol. The molecule has 16 heteroatoms. The topological polar surface area (TPSA) is 201 Å². The first kappa shape index (κ1) is 45.9. The van der Waals surface area contributed by atoms with Gasteiger partial charge in [-0.05, 0) is 127 Å². The summed E-state index contributed by atoms with van der Waals surface area (Å²) in [6.45, 7) is 1.84. The van der Waals surface area contributed by atoms with Crippen molar-refractivity contribution in [1.29, 1.82) is 0 Å². The maximum Gasteiger partial charge on any atom is 0.335 e. The normalized spacial score (nSPS) is 11.5. The number of carboxylic acids is 2. The molecule has 0 atom stereocenters. The molecule has 12 nitrogen and oxygen atoms in total. The van der Waals surface area contributed by atoms with Gasteiger partial charge in [-0.25, -0.2) is 34.8 Å². The lowest BCUT2D eigenvalue weighted by molar-refractivity contribution is 0.0684. The van der Waals surface area contributed by atoms with Crippen LogP contribution in [0.3, 0.4) is 0 Å². The minimum absolute atomic E-state index is 0.0777. The molecule has 0 saturated carbocycles. The standard InChI is InChI=1S/C25H21NO6S3.C22H21NO4S/c27-25(28)23-9-5-4-6-19(23)13-10-18-11-14-20(15-12-18)26-35(31,32)24-16-22(17-33-24)34(29,30)21-7-2-1-3-8-21;1-16-5-4-7-20(15-16)28(26,27)23-19-13-10-17(11-14-19)9-12-18-6-2-3-8-21(18)22(24)25/h1-9,11-12,14-17,26H,10,13H2,(H,27,28);2-8,10-11,13-15,23H,9,12H2,1H3,(H,24,25). The summed E-state index contributed by atoms with van der Waals surface area (Å²) >= 11 is 0.832. The van der Waals surface area contributed by atoms with Crippen LogP contribution in [0.1, 0.15) is 48.5 Å². The van der Waals surface area contributed by atoms with Crippen molar-refractivity contribution in [3.63, 3.8) is 0 Å². The summed E-state index contributed by atoms with van der Waals surface area (Å²) in [7, 11) is -11.4. The summed E-state index contributed by atoms with van der Waals surface area (Å²) in [5.74, 6) is -1.91. The molecule has 0 amide bonds. The second-order valence-electron chi connectivity index (χ2n) is 14.3. The van der Waals surface area contributed by atoms with Crippen LogP contribution < -0.4 is 9.44 Å². The SMILES string of the molecule is Cc1cccc(S(=O)(=O)Nc2ccc(CCc3ccccc3C(=O)O)cc2)c1.O=C(O)c1ccccc1CCc1ccc(NS(=O)(=O)c2cc(S(=O)(=O)c3ccccc3)cs2)cc1. The molecule has 0 spiro atoms. The van der Waals surface area contributed by atoms with Gasteiger partial charge in [-0.1, -0.05) is 91.0 Å². The van der Waals surface area contributed by atoms with Gasteiger partial charge in [0, 0.05) is 16.8 Å². The summed E-state index contributed by atoms with van der Waals surface area (Å²) in [6.07, 6.45) is 2.37. The number of sulfone groups is 1. The third-order valence-corrected chi connectivity index (χ3v) is 15.9. The van der Waals surface area contributed by atoms with Crippen molar-refractivity contribution in [1.82, 2.24) is 0 Å². The van der Waals surface area contributed by atoms with Crippen molar-refractivity contribution in [3.8, 4) is 0 Å². The maximum atomic E-state index is 12.8. The van der Waals surface area contributed by atoms with Gasteiger partial charge in [-0.15, -0.1) is 11.3 Å². The van der Waals surface area contributed by atoms with Crippen LogP contribution in [-0.4, -0.2) is 47.4 Å². The number of hydrogen-bond acceptors (Lipinski definition) is 9. The number of aryl methyl sites for hydroxylation is 5. The first-order chi connectivity index (χ1) is 30.0. The summed E-state index contributed by atoms with van der Waals surface area (Å²) in [5.41, 5.74) is 5.69. The number of hydrogen-bond donors (Lipinski definition) is 4. The van der Waals surface area contributed by atoms with E-state index in [1.807, 2.05) is 37.3 Å². The van der Waals surface area contributed by atoms with Gasteiger partial charge in [0.25, 0.3) is 20.0 Å². The van der Waals surface area contributed by atoms with Crippen molar-refractivity contribution in [3.05, 3.63) is 202 Å². The van der Waals surface area contributed by atoms with Crippen LogP contribution in [0.15, 0.2) is 182 Å². The largest absolute Gasteiger partial charge is 0.478 e. The number of carboxylic acid groups (broad SMARTS) is 2. The molecule has 7 aromatic rings. The highest BCUT2D eigenvalue weighted by Gasteiger charge is 2.24. The number of nitrogens with one attached hydrogen (secondary N) is 2. The molecule has 63 heavy (non-hydrogen) atoms. The lowest BCUT2D eigenvalue weighted by Gasteiger charge is -2.10. The Labute approximate surface area is 370 Å². The lowest BCUT2D eigenvalue weighted by Crippen LogP contribution is -2.13. The Balaban J connectivity index is 0.000000215. The average Bonchev–Trinajstić information content (AvgIpc) is 3.80. The molecular weight excluding hydrogens is 881 g/mol. The second kappa shape index (κ2) is 20.1. The Morgan fingerprint density at radius 3 is 1.44 bits per heavy atom. The van der Waals surface area contributed by atoms with Crippen molar-refractivity contribution in [2.45, 2.75) is 51.5 Å². The number of rotatable bonds is 16. The van der Waals surface area contributed by atoms with Crippen LogP contribution in [0.4, 0.5) is 11.4 Å². The van der Waals surface area contributed by atoms with Gasteiger partial charge >= 0.3 is 11.9 Å². The molecule has 0 aliphatic rings. The van der Waals surface area contributed by atoms with E-state index in [0.29, 0.717) is 42.6 Å². The molecule has 0 radical (unpaired) electrons. The Hall–Kier alpha value is -6.59. The highest BCUT2D eigenvalue weighted by atomic mass is 32.2. The number of benzene rings is 6. The number of carbonyl (C=O) groups is 2. The molecule has 1 heterocycles. The Morgan fingerprint density at radius 2 is 0.952 bits per heavy atom. The highest BCUT2D eigenvalue weighted by molar-refractivity contribution is 7.95. The summed E-state index contributed by atoms with van der Waals surface area (Å²) in [4.78, 5) is 22.9. The van der Waals surface area contributed by atoms with Crippen LogP contribution in [0, 0.1) is 6.92 Å². The van der Waals surface area contributed by atoms with E-state index in [1.165, 1.54) is 17.5 Å². The summed E-state index contributed by atoms with van der Waals surface area (Å²) in [5, 5.41) is 19.9. The molecule has 4 N–H and O–H groups in total. The van der Waals surface area contributed by atoms with Crippen molar-refractivity contribution in [2.75, 3.05) is 9.44 Å². The number of sulfonamides is 2. The van der Waals surface area contributed by atoms with Crippen molar-refractivity contribution >= 4 is 64.5 Å².